The van der Waals surface area contributed by atoms with E-state index >= 15 is 0 Å². The van der Waals surface area contributed by atoms with Crippen molar-refractivity contribution in [3.05, 3.63) is 36.5 Å². The summed E-state index contributed by atoms with van der Waals surface area (Å²) in [5.74, 6) is -0.887. The van der Waals surface area contributed by atoms with Crippen molar-refractivity contribution in [2.24, 2.45) is 0 Å². The summed E-state index contributed by atoms with van der Waals surface area (Å²) in [6.45, 7) is 6.55. The van der Waals surface area contributed by atoms with Crippen molar-refractivity contribution in [3.63, 3.8) is 0 Å². The van der Waals surface area contributed by atoms with Crippen LogP contribution in [0.4, 0.5) is 0 Å². The smallest absolute Gasteiger partial charge is 0.306 e. The van der Waals surface area contributed by atoms with Gasteiger partial charge in [-0.25, -0.2) is 0 Å². The highest BCUT2D eigenvalue weighted by molar-refractivity contribution is 5.71. The van der Waals surface area contributed by atoms with Crippen molar-refractivity contribution in [2.75, 3.05) is 13.2 Å². The first kappa shape index (κ1) is 64.6. The minimum absolute atomic E-state index is 0.0765. The molecule has 1 unspecified atom stereocenters. The lowest BCUT2D eigenvalue weighted by Crippen LogP contribution is -2.30. The Labute approximate surface area is 416 Å². The van der Waals surface area contributed by atoms with Crippen LogP contribution in [0.2, 0.25) is 0 Å². The largest absolute Gasteiger partial charge is 0.462 e. The highest BCUT2D eigenvalue weighted by Gasteiger charge is 2.19. The number of carbonyl (C=O) groups excluding carboxylic acids is 3. The van der Waals surface area contributed by atoms with Gasteiger partial charge in [0.2, 0.25) is 0 Å². The van der Waals surface area contributed by atoms with E-state index in [1.54, 1.807) is 0 Å². The topological polar surface area (TPSA) is 78.9 Å². The maximum atomic E-state index is 12.8. The highest BCUT2D eigenvalue weighted by Crippen LogP contribution is 2.17. The SMILES string of the molecule is CC/C=C\C/C=C\C/C=C\CCCCCC(=O)OCC(COC(=O)CCCCCCCCCCCCCCCCCCCCCCC)OC(=O)CCCCCCCCCCCCCCCCC. The zero-order chi connectivity index (χ0) is 48.6. The fourth-order valence-electron chi connectivity index (χ4n) is 8.75. The number of unbranched alkanes of at least 4 members (excludes halogenated alkanes) is 37. The molecule has 0 saturated heterocycles. The molecule has 6 heteroatoms. The van der Waals surface area contributed by atoms with Gasteiger partial charge >= 0.3 is 17.9 Å². The van der Waals surface area contributed by atoms with Crippen LogP contribution in [0.1, 0.15) is 316 Å². The number of allylic oxidation sites excluding steroid dienone is 6. The van der Waals surface area contributed by atoms with Crippen LogP contribution in [-0.4, -0.2) is 37.2 Å². The van der Waals surface area contributed by atoms with Crippen LogP contribution >= 0.6 is 0 Å². The molecule has 0 amide bonds. The Bertz CT molecular complexity index is 1130. The Balaban J connectivity index is 4.29. The third kappa shape index (κ3) is 54.4. The predicted octanol–water partition coefficient (Wildman–Crippen LogP) is 19.7. The van der Waals surface area contributed by atoms with Gasteiger partial charge in [0.15, 0.2) is 6.10 Å². The molecule has 0 saturated carbocycles. The molecule has 0 aliphatic carbocycles. The van der Waals surface area contributed by atoms with E-state index in [2.05, 4.69) is 57.2 Å². The average molecular weight is 942 g/mol. The van der Waals surface area contributed by atoms with Crippen molar-refractivity contribution < 1.29 is 28.6 Å². The van der Waals surface area contributed by atoms with Gasteiger partial charge in [0.05, 0.1) is 0 Å². The maximum absolute atomic E-state index is 12.8. The molecule has 0 bridgehead atoms. The van der Waals surface area contributed by atoms with Gasteiger partial charge in [0.1, 0.15) is 13.2 Å². The maximum Gasteiger partial charge on any atom is 0.306 e. The van der Waals surface area contributed by atoms with E-state index in [0.29, 0.717) is 19.3 Å². The van der Waals surface area contributed by atoms with Crippen molar-refractivity contribution in [3.8, 4) is 0 Å². The molecule has 0 spiro atoms. The van der Waals surface area contributed by atoms with Gasteiger partial charge in [-0.05, 0) is 51.4 Å². The molecule has 0 aliphatic rings. The Morgan fingerprint density at radius 2 is 0.582 bits per heavy atom. The first-order chi connectivity index (χ1) is 33.0. The second-order valence-electron chi connectivity index (χ2n) is 19.9. The lowest BCUT2D eigenvalue weighted by molar-refractivity contribution is -0.167. The van der Waals surface area contributed by atoms with E-state index in [4.69, 9.17) is 14.2 Å². The number of ether oxygens (including phenoxy) is 3. The molecule has 392 valence electrons. The molecule has 0 radical (unpaired) electrons. The molecule has 67 heavy (non-hydrogen) atoms. The molecule has 0 aliphatic heterocycles. The summed E-state index contributed by atoms with van der Waals surface area (Å²) in [6, 6.07) is 0. The average Bonchev–Trinajstić information content (AvgIpc) is 3.33. The summed E-state index contributed by atoms with van der Waals surface area (Å²) in [6.07, 6.45) is 67.2. The van der Waals surface area contributed by atoms with E-state index < -0.39 is 6.10 Å². The summed E-state index contributed by atoms with van der Waals surface area (Å²) in [4.78, 5) is 38.1. The normalized spacial score (nSPS) is 12.2. The van der Waals surface area contributed by atoms with Crippen LogP contribution in [0.25, 0.3) is 0 Å². The molecule has 0 N–H and O–H groups in total. The second kappa shape index (κ2) is 56.2. The van der Waals surface area contributed by atoms with E-state index in [1.807, 2.05) is 0 Å². The molecule has 0 fully saturated rings. The van der Waals surface area contributed by atoms with Crippen LogP contribution in [0.15, 0.2) is 36.5 Å². The molecule has 0 rings (SSSR count). The van der Waals surface area contributed by atoms with Crippen LogP contribution in [0.3, 0.4) is 0 Å². The molecule has 0 aromatic heterocycles. The third-order valence-corrected chi connectivity index (χ3v) is 13.2. The van der Waals surface area contributed by atoms with E-state index in [9.17, 15) is 14.4 Å². The Kier molecular flexibility index (Phi) is 54.2. The third-order valence-electron chi connectivity index (χ3n) is 13.2. The molecular weight excluding hydrogens is 829 g/mol. The summed E-state index contributed by atoms with van der Waals surface area (Å²) in [7, 11) is 0. The monoisotopic (exact) mass is 941 g/mol. The van der Waals surface area contributed by atoms with Crippen LogP contribution in [0, 0.1) is 0 Å². The van der Waals surface area contributed by atoms with Gasteiger partial charge in [0, 0.05) is 19.3 Å². The van der Waals surface area contributed by atoms with Gasteiger partial charge in [-0.15, -0.1) is 0 Å². The van der Waals surface area contributed by atoms with Gasteiger partial charge in [-0.2, -0.15) is 0 Å². The Morgan fingerprint density at radius 1 is 0.313 bits per heavy atom. The number of hydrogen-bond acceptors (Lipinski definition) is 6. The number of rotatable bonds is 54. The Hall–Kier alpha value is -2.37. The molecule has 1 atom stereocenters. The van der Waals surface area contributed by atoms with Crippen LogP contribution < -0.4 is 0 Å². The molecule has 6 nitrogen and oxygen atoms in total. The minimum atomic E-state index is -0.779. The number of hydrogen-bond donors (Lipinski definition) is 0. The fraction of sp³-hybridized carbons (Fsp3) is 0.852. The molecule has 0 aromatic carbocycles. The van der Waals surface area contributed by atoms with E-state index in [0.717, 1.165) is 83.5 Å². The van der Waals surface area contributed by atoms with Crippen molar-refractivity contribution in [1.82, 2.24) is 0 Å². The van der Waals surface area contributed by atoms with E-state index in [-0.39, 0.29) is 31.1 Å². The van der Waals surface area contributed by atoms with Gasteiger partial charge in [0.25, 0.3) is 0 Å². The molecule has 0 aromatic rings. The van der Waals surface area contributed by atoms with Crippen LogP contribution in [0.5, 0.6) is 0 Å². The zero-order valence-corrected chi connectivity index (χ0v) is 44.9. The number of esters is 3. The highest BCUT2D eigenvalue weighted by atomic mass is 16.6. The molecule has 0 heterocycles. The quantitative estimate of drug-likeness (QED) is 0.0262. The number of carbonyl (C=O) groups is 3. The lowest BCUT2D eigenvalue weighted by Gasteiger charge is -2.18. The first-order valence-electron chi connectivity index (χ1n) is 29.5. The molecular formula is C61H112O6. The fourth-order valence-corrected chi connectivity index (χ4v) is 8.75. The van der Waals surface area contributed by atoms with Gasteiger partial charge in [-0.3, -0.25) is 14.4 Å². The predicted molar refractivity (Wildman–Crippen MR) is 289 cm³/mol. The lowest BCUT2D eigenvalue weighted by atomic mass is 10.0. The van der Waals surface area contributed by atoms with Crippen LogP contribution in [-0.2, 0) is 28.6 Å². The van der Waals surface area contributed by atoms with Crippen molar-refractivity contribution in [2.45, 2.75) is 322 Å². The van der Waals surface area contributed by atoms with E-state index in [1.165, 1.54) is 193 Å². The second-order valence-corrected chi connectivity index (χ2v) is 19.9. The first-order valence-corrected chi connectivity index (χ1v) is 29.5. The summed E-state index contributed by atoms with van der Waals surface area (Å²) < 4.78 is 16.9. The summed E-state index contributed by atoms with van der Waals surface area (Å²) >= 11 is 0. The minimum Gasteiger partial charge on any atom is -0.462 e. The Morgan fingerprint density at radius 3 is 0.910 bits per heavy atom. The standard InChI is InChI=1S/C61H112O6/c1-4-7-10-13-16-19-22-25-27-28-29-30-31-32-34-36-39-42-45-48-51-54-60(63)66-57-58(56-65-59(62)53-50-47-44-41-38-35-24-21-18-15-12-9-6-3)67-61(64)55-52-49-46-43-40-37-33-26-23-20-17-14-11-8-5-2/h9,12,18,21,35,38,58H,4-8,10-11,13-17,19-20,22-34,36-37,39-57H2,1-3H3/b12-9-,21-18-,38-35-. The summed E-state index contributed by atoms with van der Waals surface area (Å²) in [5.41, 5.74) is 0. The van der Waals surface area contributed by atoms with Gasteiger partial charge < -0.3 is 14.2 Å². The summed E-state index contributed by atoms with van der Waals surface area (Å²) in [5, 5.41) is 0. The van der Waals surface area contributed by atoms with Crippen molar-refractivity contribution >= 4 is 17.9 Å². The van der Waals surface area contributed by atoms with Crippen molar-refractivity contribution in [1.29, 1.82) is 0 Å². The zero-order valence-electron chi connectivity index (χ0n) is 44.9. The van der Waals surface area contributed by atoms with Gasteiger partial charge in [-0.1, -0.05) is 282 Å².